The molecule has 1 amide bonds. The Balaban J connectivity index is 0.000000534. The number of hydrogen-bond acceptors (Lipinski definition) is 6. The summed E-state index contributed by atoms with van der Waals surface area (Å²) in [5, 5.41) is 14.8. The maximum atomic E-state index is 12.4. The van der Waals surface area contributed by atoms with Crippen molar-refractivity contribution in [3.05, 3.63) is 59.7 Å². The van der Waals surface area contributed by atoms with Crippen molar-refractivity contribution in [2.45, 2.75) is 13.5 Å². The highest BCUT2D eigenvalue weighted by atomic mass is 16.5. The van der Waals surface area contributed by atoms with E-state index in [2.05, 4.69) is 11.0 Å². The van der Waals surface area contributed by atoms with E-state index in [-0.39, 0.29) is 12.5 Å². The van der Waals surface area contributed by atoms with Crippen molar-refractivity contribution in [3.8, 4) is 11.5 Å². The van der Waals surface area contributed by atoms with Gasteiger partial charge >= 0.3 is 11.9 Å². The molecule has 0 atom stereocenters. The zero-order valence-corrected chi connectivity index (χ0v) is 18.2. The van der Waals surface area contributed by atoms with Crippen molar-refractivity contribution in [2.75, 3.05) is 39.9 Å². The van der Waals surface area contributed by atoms with Gasteiger partial charge in [0.2, 0.25) is 0 Å². The first-order valence-corrected chi connectivity index (χ1v) is 10.1. The van der Waals surface area contributed by atoms with Gasteiger partial charge in [0.25, 0.3) is 5.91 Å². The van der Waals surface area contributed by atoms with Crippen LogP contribution in [0.15, 0.2) is 48.5 Å². The number of carbonyl (C=O) groups is 3. The van der Waals surface area contributed by atoms with Crippen molar-refractivity contribution in [3.63, 3.8) is 0 Å². The number of benzene rings is 2. The fourth-order valence-electron chi connectivity index (χ4n) is 3.17. The molecule has 1 saturated heterocycles. The molecule has 9 nitrogen and oxygen atoms in total. The van der Waals surface area contributed by atoms with Crippen LogP contribution in [0.5, 0.6) is 11.5 Å². The third-order valence-corrected chi connectivity index (χ3v) is 4.85. The van der Waals surface area contributed by atoms with Crippen LogP contribution >= 0.6 is 0 Å². The van der Waals surface area contributed by atoms with Gasteiger partial charge < -0.3 is 24.6 Å². The molecule has 32 heavy (non-hydrogen) atoms. The molecular weight excluding hydrogens is 416 g/mol. The average molecular weight is 444 g/mol. The highest BCUT2D eigenvalue weighted by molar-refractivity contribution is 6.27. The lowest BCUT2D eigenvalue weighted by Gasteiger charge is -2.34. The lowest BCUT2D eigenvalue weighted by molar-refractivity contribution is -0.159. The normalized spacial score (nSPS) is 13.5. The molecule has 0 unspecified atom stereocenters. The molecule has 172 valence electrons. The summed E-state index contributed by atoms with van der Waals surface area (Å²) in [4.78, 5) is 34.8. The topological polar surface area (TPSA) is 117 Å². The molecule has 3 rings (SSSR count). The summed E-state index contributed by atoms with van der Waals surface area (Å²) >= 11 is 0. The van der Waals surface area contributed by atoms with E-state index >= 15 is 0 Å². The van der Waals surface area contributed by atoms with Crippen molar-refractivity contribution in [2.24, 2.45) is 0 Å². The second kappa shape index (κ2) is 12.3. The predicted molar refractivity (Wildman–Crippen MR) is 117 cm³/mol. The van der Waals surface area contributed by atoms with E-state index in [1.165, 1.54) is 5.56 Å². The fourth-order valence-corrected chi connectivity index (χ4v) is 3.17. The number of nitrogens with zero attached hydrogens (tertiary/aromatic N) is 2. The van der Waals surface area contributed by atoms with Crippen LogP contribution in [0.3, 0.4) is 0 Å². The number of carboxylic acids is 2. The minimum atomic E-state index is -1.82. The van der Waals surface area contributed by atoms with Crippen LogP contribution in [0, 0.1) is 6.92 Å². The van der Waals surface area contributed by atoms with Gasteiger partial charge in [-0.05, 0) is 30.7 Å². The van der Waals surface area contributed by atoms with Gasteiger partial charge in [-0.2, -0.15) is 0 Å². The zero-order chi connectivity index (χ0) is 23.5. The second-order valence-electron chi connectivity index (χ2n) is 7.18. The van der Waals surface area contributed by atoms with Gasteiger partial charge in [-0.3, -0.25) is 9.69 Å². The second-order valence-corrected chi connectivity index (χ2v) is 7.18. The molecule has 9 heteroatoms. The SMILES string of the molecule is COc1ccccc1CN1CCN(C(=O)COc2cccc(C)c2)CC1.O=C(O)C(=O)O. The standard InChI is InChI=1S/C21H26N2O3.C2H2O4/c1-17-6-5-8-19(14-17)26-16-21(24)23-12-10-22(11-13-23)15-18-7-3-4-9-20(18)25-2;3-1(4)2(5)6/h3-9,14H,10-13,15-16H2,1-2H3;(H,3,4)(H,5,6). The van der Waals surface area contributed by atoms with E-state index in [0.717, 1.165) is 49.8 Å². The molecule has 0 bridgehead atoms. The lowest BCUT2D eigenvalue weighted by atomic mass is 10.1. The summed E-state index contributed by atoms with van der Waals surface area (Å²) in [7, 11) is 1.70. The van der Waals surface area contributed by atoms with Crippen LogP contribution in [0.2, 0.25) is 0 Å². The Hall–Kier alpha value is -3.59. The Kier molecular flexibility index (Phi) is 9.49. The molecule has 0 aliphatic carbocycles. The number of para-hydroxylation sites is 1. The molecule has 0 spiro atoms. The van der Waals surface area contributed by atoms with Crippen LogP contribution in [0.4, 0.5) is 0 Å². The van der Waals surface area contributed by atoms with E-state index < -0.39 is 11.9 Å². The molecule has 0 radical (unpaired) electrons. The smallest absolute Gasteiger partial charge is 0.414 e. The number of carbonyl (C=O) groups excluding carboxylic acids is 1. The van der Waals surface area contributed by atoms with E-state index in [4.69, 9.17) is 29.3 Å². The van der Waals surface area contributed by atoms with Crippen LogP contribution in [0.1, 0.15) is 11.1 Å². The van der Waals surface area contributed by atoms with Gasteiger partial charge in [0.05, 0.1) is 7.11 Å². The van der Waals surface area contributed by atoms with Crippen molar-refractivity contribution < 1.29 is 34.1 Å². The molecule has 1 fully saturated rings. The molecule has 1 heterocycles. The first-order chi connectivity index (χ1) is 15.3. The Morgan fingerprint density at radius 1 is 0.938 bits per heavy atom. The first kappa shape index (κ1) is 24.7. The monoisotopic (exact) mass is 444 g/mol. The lowest BCUT2D eigenvalue weighted by Crippen LogP contribution is -2.49. The summed E-state index contributed by atoms with van der Waals surface area (Å²) in [6.45, 7) is 6.11. The maximum Gasteiger partial charge on any atom is 0.414 e. The van der Waals surface area contributed by atoms with Crippen molar-refractivity contribution in [1.82, 2.24) is 9.80 Å². The summed E-state index contributed by atoms with van der Waals surface area (Å²) in [5.41, 5.74) is 2.30. The fraction of sp³-hybridized carbons (Fsp3) is 0.348. The number of carboxylic acid groups (broad SMARTS) is 2. The molecule has 1 aliphatic rings. The Morgan fingerprint density at radius 3 is 2.19 bits per heavy atom. The van der Waals surface area contributed by atoms with Gasteiger partial charge in [-0.1, -0.05) is 30.3 Å². The summed E-state index contributed by atoms with van der Waals surface area (Å²) in [5.74, 6) is -1.95. The molecule has 0 saturated carbocycles. The Bertz CT molecular complexity index is 912. The van der Waals surface area contributed by atoms with Gasteiger partial charge in [-0.25, -0.2) is 9.59 Å². The third kappa shape index (κ3) is 7.92. The number of hydrogen-bond donors (Lipinski definition) is 2. The van der Waals surface area contributed by atoms with E-state index in [9.17, 15) is 4.79 Å². The number of aryl methyl sites for hydroxylation is 1. The summed E-state index contributed by atoms with van der Waals surface area (Å²) in [6.07, 6.45) is 0. The van der Waals surface area contributed by atoms with Crippen molar-refractivity contribution in [1.29, 1.82) is 0 Å². The molecule has 0 aromatic heterocycles. The minimum absolute atomic E-state index is 0.0449. The van der Waals surface area contributed by atoms with Crippen molar-refractivity contribution >= 4 is 17.8 Å². The minimum Gasteiger partial charge on any atom is -0.496 e. The van der Waals surface area contributed by atoms with Crippen LogP contribution in [-0.2, 0) is 20.9 Å². The molecular formula is C23H28N2O7. The number of ether oxygens (including phenoxy) is 2. The third-order valence-electron chi connectivity index (χ3n) is 4.85. The predicted octanol–water partition coefficient (Wildman–Crippen LogP) is 1.88. The number of piperazine rings is 1. The van der Waals surface area contributed by atoms with Gasteiger partial charge in [-0.15, -0.1) is 0 Å². The number of amides is 1. The Labute approximate surface area is 186 Å². The van der Waals surface area contributed by atoms with E-state index in [0.29, 0.717) is 0 Å². The maximum absolute atomic E-state index is 12.4. The van der Waals surface area contributed by atoms with Crippen LogP contribution in [0.25, 0.3) is 0 Å². The van der Waals surface area contributed by atoms with Crippen LogP contribution < -0.4 is 9.47 Å². The van der Waals surface area contributed by atoms with Gasteiger partial charge in [0, 0.05) is 38.3 Å². The molecule has 2 aromatic carbocycles. The highest BCUT2D eigenvalue weighted by Gasteiger charge is 2.22. The summed E-state index contributed by atoms with van der Waals surface area (Å²) in [6, 6.07) is 15.8. The van der Waals surface area contributed by atoms with E-state index in [1.54, 1.807) is 7.11 Å². The largest absolute Gasteiger partial charge is 0.496 e. The zero-order valence-electron chi connectivity index (χ0n) is 18.2. The van der Waals surface area contributed by atoms with Gasteiger partial charge in [0.1, 0.15) is 11.5 Å². The van der Waals surface area contributed by atoms with Crippen LogP contribution in [-0.4, -0.2) is 77.8 Å². The number of aliphatic carboxylic acids is 2. The first-order valence-electron chi connectivity index (χ1n) is 10.1. The Morgan fingerprint density at radius 2 is 1.59 bits per heavy atom. The quantitative estimate of drug-likeness (QED) is 0.649. The molecule has 2 N–H and O–H groups in total. The van der Waals surface area contributed by atoms with Gasteiger partial charge in [0.15, 0.2) is 6.61 Å². The molecule has 1 aliphatic heterocycles. The summed E-state index contributed by atoms with van der Waals surface area (Å²) < 4.78 is 11.1. The number of rotatable bonds is 6. The number of methoxy groups -OCH3 is 1. The average Bonchev–Trinajstić information content (AvgIpc) is 2.79. The van der Waals surface area contributed by atoms with E-state index in [1.807, 2.05) is 54.3 Å². The molecule has 2 aromatic rings. The highest BCUT2D eigenvalue weighted by Crippen LogP contribution is 2.20.